The fraction of sp³-hybridized carbons (Fsp3) is 0.600. The minimum Gasteiger partial charge on any atom is -0.481 e. The van der Waals surface area contributed by atoms with Crippen LogP contribution in [0.25, 0.3) is 0 Å². The molecular weight excluding hydrogens is 210 g/mol. The summed E-state index contributed by atoms with van der Waals surface area (Å²) >= 11 is 0. The van der Waals surface area contributed by atoms with E-state index in [9.17, 15) is 4.79 Å². The summed E-state index contributed by atoms with van der Waals surface area (Å²) in [5.74, 6) is -0.613. The number of aryl methyl sites for hydroxylation is 1. The SMILES string of the molecule is COc1cc(C2CNCC2C(=O)O)nn1C. The number of aliphatic carboxylic acids is 1. The summed E-state index contributed by atoms with van der Waals surface area (Å²) in [5, 5.41) is 16.4. The van der Waals surface area contributed by atoms with Crippen LogP contribution in [0.5, 0.6) is 5.88 Å². The summed E-state index contributed by atoms with van der Waals surface area (Å²) in [4.78, 5) is 11.0. The molecule has 16 heavy (non-hydrogen) atoms. The van der Waals surface area contributed by atoms with Gasteiger partial charge in [-0.1, -0.05) is 0 Å². The zero-order valence-electron chi connectivity index (χ0n) is 9.30. The maximum absolute atomic E-state index is 11.0. The highest BCUT2D eigenvalue weighted by atomic mass is 16.5. The molecule has 0 aliphatic carbocycles. The van der Waals surface area contributed by atoms with Crippen LogP contribution in [0.3, 0.4) is 0 Å². The third-order valence-corrected chi connectivity index (χ3v) is 2.98. The van der Waals surface area contributed by atoms with Crippen molar-refractivity contribution < 1.29 is 14.6 Å². The average molecular weight is 225 g/mol. The molecule has 2 atom stereocenters. The van der Waals surface area contributed by atoms with Gasteiger partial charge in [0.1, 0.15) is 0 Å². The third kappa shape index (κ3) is 1.76. The van der Waals surface area contributed by atoms with Crippen LogP contribution in [0, 0.1) is 5.92 Å². The Morgan fingerprint density at radius 2 is 2.44 bits per heavy atom. The van der Waals surface area contributed by atoms with Crippen LogP contribution in [0.15, 0.2) is 6.07 Å². The summed E-state index contributed by atoms with van der Waals surface area (Å²) in [6, 6.07) is 1.80. The molecule has 1 aliphatic heterocycles. The minimum atomic E-state index is -0.778. The molecule has 2 unspecified atom stereocenters. The number of hydrogen-bond donors (Lipinski definition) is 2. The molecule has 2 heterocycles. The highest BCUT2D eigenvalue weighted by Crippen LogP contribution is 2.29. The molecule has 1 aromatic heterocycles. The molecular formula is C10H15N3O3. The summed E-state index contributed by atoms with van der Waals surface area (Å²) in [5.41, 5.74) is 0.775. The van der Waals surface area contributed by atoms with Crippen LogP contribution in [-0.2, 0) is 11.8 Å². The minimum absolute atomic E-state index is 0.0763. The predicted molar refractivity (Wildman–Crippen MR) is 56.5 cm³/mol. The van der Waals surface area contributed by atoms with Crippen LogP contribution in [0.4, 0.5) is 0 Å². The zero-order chi connectivity index (χ0) is 11.7. The number of rotatable bonds is 3. The van der Waals surface area contributed by atoms with E-state index in [0.717, 1.165) is 5.69 Å². The highest BCUT2D eigenvalue weighted by molar-refractivity contribution is 5.72. The molecule has 0 radical (unpaired) electrons. The lowest BCUT2D eigenvalue weighted by Gasteiger charge is -2.10. The summed E-state index contributed by atoms with van der Waals surface area (Å²) in [7, 11) is 3.35. The van der Waals surface area contributed by atoms with E-state index in [1.54, 1.807) is 24.9 Å². The van der Waals surface area contributed by atoms with E-state index >= 15 is 0 Å². The Morgan fingerprint density at radius 1 is 1.69 bits per heavy atom. The van der Waals surface area contributed by atoms with E-state index in [1.165, 1.54) is 0 Å². The van der Waals surface area contributed by atoms with E-state index in [-0.39, 0.29) is 5.92 Å². The predicted octanol–water partition coefficient (Wildman–Crippen LogP) is -0.184. The molecule has 1 fully saturated rings. The molecule has 0 spiro atoms. The van der Waals surface area contributed by atoms with Crippen molar-refractivity contribution in [2.24, 2.45) is 13.0 Å². The lowest BCUT2D eigenvalue weighted by atomic mass is 9.93. The average Bonchev–Trinajstić information content (AvgIpc) is 2.82. The first kappa shape index (κ1) is 10.9. The number of carbonyl (C=O) groups is 1. The van der Waals surface area contributed by atoms with Crippen molar-refractivity contribution in [3.63, 3.8) is 0 Å². The number of ether oxygens (including phenoxy) is 1. The molecule has 1 aromatic rings. The molecule has 0 aromatic carbocycles. The number of carboxylic acids is 1. The van der Waals surface area contributed by atoms with Gasteiger partial charge in [-0.25, -0.2) is 4.68 Å². The number of nitrogens with zero attached hydrogens (tertiary/aromatic N) is 2. The van der Waals surface area contributed by atoms with E-state index in [2.05, 4.69) is 10.4 Å². The zero-order valence-corrected chi connectivity index (χ0v) is 9.30. The topological polar surface area (TPSA) is 76.4 Å². The van der Waals surface area contributed by atoms with Gasteiger partial charge < -0.3 is 15.2 Å². The second kappa shape index (κ2) is 4.13. The molecule has 1 aliphatic rings. The molecule has 0 amide bonds. The Morgan fingerprint density at radius 3 is 3.00 bits per heavy atom. The lowest BCUT2D eigenvalue weighted by Crippen LogP contribution is -2.21. The van der Waals surface area contributed by atoms with E-state index in [1.807, 2.05) is 0 Å². The second-order valence-corrected chi connectivity index (χ2v) is 3.94. The molecule has 0 bridgehead atoms. The maximum atomic E-state index is 11.0. The first-order valence-corrected chi connectivity index (χ1v) is 5.15. The number of aromatic nitrogens is 2. The van der Waals surface area contributed by atoms with Gasteiger partial charge in [0.15, 0.2) is 0 Å². The van der Waals surface area contributed by atoms with Crippen LogP contribution in [-0.4, -0.2) is 41.1 Å². The van der Waals surface area contributed by atoms with Crippen molar-refractivity contribution in [1.29, 1.82) is 0 Å². The first-order valence-electron chi connectivity index (χ1n) is 5.15. The van der Waals surface area contributed by atoms with Crippen LogP contribution >= 0.6 is 0 Å². The summed E-state index contributed by atoms with van der Waals surface area (Å²) < 4.78 is 6.73. The molecule has 2 rings (SSSR count). The smallest absolute Gasteiger partial charge is 0.308 e. The quantitative estimate of drug-likeness (QED) is 0.746. The maximum Gasteiger partial charge on any atom is 0.308 e. The van der Waals surface area contributed by atoms with E-state index < -0.39 is 11.9 Å². The number of hydrogen-bond acceptors (Lipinski definition) is 4. The van der Waals surface area contributed by atoms with Gasteiger partial charge >= 0.3 is 5.97 Å². The van der Waals surface area contributed by atoms with Crippen molar-refractivity contribution in [3.8, 4) is 5.88 Å². The Balaban J connectivity index is 2.25. The van der Waals surface area contributed by atoms with Gasteiger partial charge in [0.2, 0.25) is 5.88 Å². The van der Waals surface area contributed by atoms with Crippen molar-refractivity contribution in [1.82, 2.24) is 15.1 Å². The van der Waals surface area contributed by atoms with Crippen molar-refractivity contribution in [3.05, 3.63) is 11.8 Å². The molecule has 2 N–H and O–H groups in total. The third-order valence-electron chi connectivity index (χ3n) is 2.98. The van der Waals surface area contributed by atoms with Crippen LogP contribution in [0.2, 0.25) is 0 Å². The van der Waals surface area contributed by atoms with Gasteiger partial charge in [0.05, 0.1) is 18.7 Å². The Labute approximate surface area is 93.2 Å². The van der Waals surface area contributed by atoms with Gasteiger partial charge in [-0.3, -0.25) is 4.79 Å². The molecule has 6 heteroatoms. The second-order valence-electron chi connectivity index (χ2n) is 3.94. The Kier molecular flexibility index (Phi) is 2.82. The monoisotopic (exact) mass is 225 g/mol. The highest BCUT2D eigenvalue weighted by Gasteiger charge is 2.35. The van der Waals surface area contributed by atoms with Crippen molar-refractivity contribution in [2.75, 3.05) is 20.2 Å². The number of nitrogens with one attached hydrogen (secondary N) is 1. The molecule has 0 saturated carbocycles. The van der Waals surface area contributed by atoms with Gasteiger partial charge in [0.25, 0.3) is 0 Å². The Hall–Kier alpha value is -1.56. The van der Waals surface area contributed by atoms with Gasteiger partial charge in [-0.05, 0) is 0 Å². The lowest BCUT2D eigenvalue weighted by molar-refractivity contribution is -0.141. The normalized spacial score (nSPS) is 24.6. The summed E-state index contributed by atoms with van der Waals surface area (Å²) in [6.45, 7) is 1.15. The van der Waals surface area contributed by atoms with Gasteiger partial charge in [-0.2, -0.15) is 5.10 Å². The standard InChI is InChI=1S/C10H15N3O3/c1-13-9(16-2)3-8(12-13)6-4-11-5-7(6)10(14)15/h3,6-7,11H,4-5H2,1-2H3,(H,14,15). The van der Waals surface area contributed by atoms with E-state index in [4.69, 9.17) is 9.84 Å². The fourth-order valence-electron chi connectivity index (χ4n) is 2.09. The van der Waals surface area contributed by atoms with E-state index in [0.29, 0.717) is 19.0 Å². The van der Waals surface area contributed by atoms with Crippen molar-refractivity contribution in [2.45, 2.75) is 5.92 Å². The van der Waals surface area contributed by atoms with Crippen LogP contribution in [0.1, 0.15) is 11.6 Å². The first-order chi connectivity index (χ1) is 7.63. The number of carboxylic acid groups (broad SMARTS) is 1. The fourth-order valence-corrected chi connectivity index (χ4v) is 2.09. The van der Waals surface area contributed by atoms with Crippen molar-refractivity contribution >= 4 is 5.97 Å². The molecule has 1 saturated heterocycles. The molecule has 88 valence electrons. The van der Waals surface area contributed by atoms with Gasteiger partial charge in [0, 0.05) is 32.1 Å². The van der Waals surface area contributed by atoms with Crippen LogP contribution < -0.4 is 10.1 Å². The largest absolute Gasteiger partial charge is 0.481 e. The number of methoxy groups -OCH3 is 1. The molecule has 6 nitrogen and oxygen atoms in total. The van der Waals surface area contributed by atoms with Gasteiger partial charge in [-0.15, -0.1) is 0 Å². The summed E-state index contributed by atoms with van der Waals surface area (Å²) in [6.07, 6.45) is 0. The Bertz CT molecular complexity index is 402.